The lowest BCUT2D eigenvalue weighted by Crippen LogP contribution is -2.44. The van der Waals surface area contributed by atoms with Gasteiger partial charge in [-0.2, -0.15) is 0 Å². The van der Waals surface area contributed by atoms with Gasteiger partial charge in [-0.3, -0.25) is 0 Å². The molecule has 0 spiro atoms. The van der Waals surface area contributed by atoms with Crippen LogP contribution in [0.3, 0.4) is 0 Å². The predicted octanol–water partition coefficient (Wildman–Crippen LogP) is 3.49. The van der Waals surface area contributed by atoms with E-state index >= 15 is 0 Å². The van der Waals surface area contributed by atoms with Gasteiger partial charge in [-0.25, -0.2) is 4.79 Å². The van der Waals surface area contributed by atoms with Crippen LogP contribution < -0.4 is 15.4 Å². The first-order valence-corrected chi connectivity index (χ1v) is 7.18. The van der Waals surface area contributed by atoms with Gasteiger partial charge < -0.3 is 15.4 Å². The molecule has 2 unspecified atom stereocenters. The molecule has 0 aromatic heterocycles. The summed E-state index contributed by atoms with van der Waals surface area (Å²) in [5.74, 6) is 1.24. The van der Waals surface area contributed by atoms with Gasteiger partial charge in [0.2, 0.25) is 0 Å². The largest absolute Gasteiger partial charge is 0.497 e. The van der Waals surface area contributed by atoms with Crippen molar-refractivity contribution >= 4 is 6.03 Å². The first-order valence-electron chi connectivity index (χ1n) is 7.18. The number of carbonyl (C=O) groups excluding carboxylic acids is 1. The number of nitrogens with one attached hydrogen (secondary N) is 2. The number of hydrogen-bond donors (Lipinski definition) is 2. The Morgan fingerprint density at radius 2 is 1.75 bits per heavy atom. The van der Waals surface area contributed by atoms with Crippen LogP contribution in [0.5, 0.6) is 5.75 Å². The Morgan fingerprint density at radius 3 is 2.20 bits per heavy atom. The van der Waals surface area contributed by atoms with Gasteiger partial charge in [0.15, 0.2) is 0 Å². The van der Waals surface area contributed by atoms with E-state index in [9.17, 15) is 4.79 Å². The summed E-state index contributed by atoms with van der Waals surface area (Å²) in [7, 11) is 1.64. The summed E-state index contributed by atoms with van der Waals surface area (Å²) in [5, 5.41) is 5.98. The molecule has 1 aromatic rings. The van der Waals surface area contributed by atoms with Crippen LogP contribution in [0, 0.1) is 5.92 Å². The van der Waals surface area contributed by atoms with Gasteiger partial charge in [0.25, 0.3) is 0 Å². The van der Waals surface area contributed by atoms with Crippen LogP contribution in [0.1, 0.15) is 45.7 Å². The van der Waals surface area contributed by atoms with Crippen molar-refractivity contribution in [2.24, 2.45) is 5.92 Å². The molecule has 2 amide bonds. The average Bonchev–Trinajstić information content (AvgIpc) is 2.44. The lowest BCUT2D eigenvalue weighted by molar-refractivity contribution is 0.230. The summed E-state index contributed by atoms with van der Waals surface area (Å²) in [4.78, 5) is 12.0. The van der Waals surface area contributed by atoms with Crippen molar-refractivity contribution in [1.82, 2.24) is 10.6 Å². The van der Waals surface area contributed by atoms with Crippen molar-refractivity contribution in [2.75, 3.05) is 7.11 Å². The zero-order valence-corrected chi connectivity index (χ0v) is 13.1. The van der Waals surface area contributed by atoms with Crippen LogP contribution in [0.15, 0.2) is 24.3 Å². The second kappa shape index (κ2) is 7.78. The number of benzene rings is 1. The summed E-state index contributed by atoms with van der Waals surface area (Å²) in [5.41, 5.74) is 1.08. The fraction of sp³-hybridized carbons (Fsp3) is 0.562. The number of methoxy groups -OCH3 is 1. The molecule has 0 aliphatic rings. The van der Waals surface area contributed by atoms with Crippen molar-refractivity contribution < 1.29 is 9.53 Å². The fourth-order valence-corrected chi connectivity index (χ4v) is 1.83. The SMILES string of the molecule is CCC(NC(=O)NC(C)C(C)C)c1ccc(OC)cc1. The maximum atomic E-state index is 12.0. The average molecular weight is 278 g/mol. The molecule has 0 fully saturated rings. The second-order valence-corrected chi connectivity index (χ2v) is 5.38. The maximum Gasteiger partial charge on any atom is 0.315 e. The lowest BCUT2D eigenvalue weighted by Gasteiger charge is -2.22. The highest BCUT2D eigenvalue weighted by molar-refractivity contribution is 5.74. The van der Waals surface area contributed by atoms with Gasteiger partial charge in [-0.05, 0) is 37.0 Å². The minimum atomic E-state index is -0.117. The monoisotopic (exact) mass is 278 g/mol. The Balaban J connectivity index is 2.64. The third kappa shape index (κ3) is 4.76. The van der Waals surface area contributed by atoms with Crippen molar-refractivity contribution in [3.63, 3.8) is 0 Å². The molecule has 0 saturated carbocycles. The highest BCUT2D eigenvalue weighted by atomic mass is 16.5. The molecule has 0 aliphatic heterocycles. The third-order valence-corrected chi connectivity index (χ3v) is 3.59. The normalized spacial score (nSPS) is 13.7. The molecule has 1 rings (SSSR count). The number of amides is 2. The van der Waals surface area contributed by atoms with E-state index < -0.39 is 0 Å². The number of carbonyl (C=O) groups is 1. The second-order valence-electron chi connectivity index (χ2n) is 5.38. The van der Waals surface area contributed by atoms with Crippen LogP contribution in [0.25, 0.3) is 0 Å². The maximum absolute atomic E-state index is 12.0. The molecule has 4 nitrogen and oxygen atoms in total. The molecule has 1 aromatic carbocycles. The Bertz CT molecular complexity index is 415. The molecule has 0 heterocycles. The lowest BCUT2D eigenvalue weighted by atomic mass is 10.0. The molecular formula is C16H26N2O2. The van der Waals surface area contributed by atoms with E-state index in [1.54, 1.807) is 7.11 Å². The number of ether oxygens (including phenoxy) is 1. The van der Waals surface area contributed by atoms with Gasteiger partial charge in [-0.15, -0.1) is 0 Å². The summed E-state index contributed by atoms with van der Waals surface area (Å²) in [6.45, 7) is 8.25. The van der Waals surface area contributed by atoms with Gasteiger partial charge in [0.05, 0.1) is 13.2 Å². The summed E-state index contributed by atoms with van der Waals surface area (Å²) in [6, 6.07) is 7.85. The van der Waals surface area contributed by atoms with Crippen molar-refractivity contribution in [2.45, 2.75) is 46.2 Å². The molecule has 0 saturated heterocycles. The fourth-order valence-electron chi connectivity index (χ4n) is 1.83. The minimum absolute atomic E-state index is 0.0141. The molecule has 20 heavy (non-hydrogen) atoms. The Kier molecular flexibility index (Phi) is 6.36. The van der Waals surface area contributed by atoms with E-state index in [4.69, 9.17) is 4.74 Å². The van der Waals surface area contributed by atoms with Gasteiger partial charge in [-0.1, -0.05) is 32.9 Å². The molecule has 2 atom stereocenters. The molecule has 0 aliphatic carbocycles. The number of hydrogen-bond acceptors (Lipinski definition) is 2. The highest BCUT2D eigenvalue weighted by Crippen LogP contribution is 2.20. The van der Waals surface area contributed by atoms with E-state index in [-0.39, 0.29) is 18.1 Å². The van der Waals surface area contributed by atoms with Crippen molar-refractivity contribution in [1.29, 1.82) is 0 Å². The Morgan fingerprint density at radius 1 is 1.15 bits per heavy atom. The molecule has 0 bridgehead atoms. The first kappa shape index (κ1) is 16.3. The van der Waals surface area contributed by atoms with E-state index in [1.807, 2.05) is 31.2 Å². The zero-order chi connectivity index (χ0) is 15.1. The number of rotatable bonds is 6. The molecule has 2 N–H and O–H groups in total. The van der Waals surface area contributed by atoms with Crippen LogP contribution in [0.2, 0.25) is 0 Å². The van der Waals surface area contributed by atoms with E-state index in [2.05, 4.69) is 31.4 Å². The van der Waals surface area contributed by atoms with E-state index in [1.165, 1.54) is 0 Å². The van der Waals surface area contributed by atoms with Crippen molar-refractivity contribution in [3.05, 3.63) is 29.8 Å². The van der Waals surface area contributed by atoms with Crippen LogP contribution in [-0.2, 0) is 0 Å². The summed E-state index contributed by atoms with van der Waals surface area (Å²) >= 11 is 0. The molecule has 4 heteroatoms. The van der Waals surface area contributed by atoms with Crippen molar-refractivity contribution in [3.8, 4) is 5.75 Å². The number of urea groups is 1. The minimum Gasteiger partial charge on any atom is -0.497 e. The standard InChI is InChI=1S/C16H26N2O2/c1-6-15(13-7-9-14(20-5)10-8-13)18-16(19)17-12(4)11(2)3/h7-12,15H,6H2,1-5H3,(H2,17,18,19). The smallest absolute Gasteiger partial charge is 0.315 e. The third-order valence-electron chi connectivity index (χ3n) is 3.59. The zero-order valence-electron chi connectivity index (χ0n) is 13.1. The summed E-state index contributed by atoms with van der Waals surface area (Å²) in [6.07, 6.45) is 0.843. The van der Waals surface area contributed by atoms with Gasteiger partial charge in [0, 0.05) is 6.04 Å². The van der Waals surface area contributed by atoms with Crippen LogP contribution >= 0.6 is 0 Å². The highest BCUT2D eigenvalue weighted by Gasteiger charge is 2.15. The van der Waals surface area contributed by atoms with Gasteiger partial charge in [0.1, 0.15) is 5.75 Å². The van der Waals surface area contributed by atoms with E-state index in [0.29, 0.717) is 5.92 Å². The topological polar surface area (TPSA) is 50.4 Å². The molecule has 112 valence electrons. The van der Waals surface area contributed by atoms with Gasteiger partial charge >= 0.3 is 6.03 Å². The van der Waals surface area contributed by atoms with Crippen LogP contribution in [-0.4, -0.2) is 19.2 Å². The predicted molar refractivity (Wildman–Crippen MR) is 82.0 cm³/mol. The Hall–Kier alpha value is -1.71. The molecular weight excluding hydrogens is 252 g/mol. The molecule has 0 radical (unpaired) electrons. The van der Waals surface area contributed by atoms with E-state index in [0.717, 1.165) is 17.7 Å². The quantitative estimate of drug-likeness (QED) is 0.837. The Labute approximate surface area is 121 Å². The summed E-state index contributed by atoms with van der Waals surface area (Å²) < 4.78 is 5.14. The van der Waals surface area contributed by atoms with Crippen LogP contribution in [0.4, 0.5) is 4.79 Å². The first-order chi connectivity index (χ1) is 9.47.